The first-order valence-corrected chi connectivity index (χ1v) is 8.07. The molecule has 2 rings (SSSR count). The van der Waals surface area contributed by atoms with Crippen LogP contribution in [-0.2, 0) is 11.2 Å². The normalized spacial score (nSPS) is 11.6. The molecular formula is C19H21FN2O3. The van der Waals surface area contributed by atoms with Gasteiger partial charge < -0.3 is 15.7 Å². The van der Waals surface area contributed by atoms with Gasteiger partial charge in [0, 0.05) is 13.0 Å². The molecule has 1 atom stereocenters. The van der Waals surface area contributed by atoms with Crippen LogP contribution >= 0.6 is 0 Å². The summed E-state index contributed by atoms with van der Waals surface area (Å²) in [6.45, 7) is -0.0926. The summed E-state index contributed by atoms with van der Waals surface area (Å²) in [5.41, 5.74) is 0.954. The largest absolute Gasteiger partial charge is 0.394 e. The van der Waals surface area contributed by atoms with Crippen LogP contribution in [0.15, 0.2) is 54.6 Å². The predicted octanol–water partition coefficient (Wildman–Crippen LogP) is 1.67. The van der Waals surface area contributed by atoms with Crippen molar-refractivity contribution in [3.05, 3.63) is 71.5 Å². The standard InChI is InChI=1S/C19H21FN2O3/c20-17-9-5-4-8-16(17)19(25)21-11-10-18(24)22-15(13-23)12-14-6-2-1-3-7-14/h1-9,15,23H,10-13H2,(H,21,25)(H,22,24)/t15-/m0/s1. The Balaban J connectivity index is 1.76. The van der Waals surface area contributed by atoms with Gasteiger partial charge in [0.05, 0.1) is 18.2 Å². The molecule has 0 spiro atoms. The van der Waals surface area contributed by atoms with Crippen LogP contribution < -0.4 is 10.6 Å². The lowest BCUT2D eigenvalue weighted by atomic mass is 10.1. The van der Waals surface area contributed by atoms with Crippen molar-refractivity contribution >= 4 is 11.8 Å². The fraction of sp³-hybridized carbons (Fsp3) is 0.263. The van der Waals surface area contributed by atoms with Crippen LogP contribution in [0.3, 0.4) is 0 Å². The molecule has 0 aromatic heterocycles. The SMILES string of the molecule is O=C(CCNC(=O)c1ccccc1F)N[C@H](CO)Cc1ccccc1. The Kier molecular flexibility index (Phi) is 7.10. The molecule has 0 saturated heterocycles. The van der Waals surface area contributed by atoms with Crippen LogP contribution in [0.1, 0.15) is 22.3 Å². The highest BCUT2D eigenvalue weighted by Crippen LogP contribution is 2.06. The molecule has 2 aromatic rings. The van der Waals surface area contributed by atoms with Crippen LogP contribution in [0.2, 0.25) is 0 Å². The molecule has 5 nitrogen and oxygen atoms in total. The number of nitrogens with one attached hydrogen (secondary N) is 2. The van der Waals surface area contributed by atoms with Crippen molar-refractivity contribution in [2.45, 2.75) is 18.9 Å². The van der Waals surface area contributed by atoms with Crippen molar-refractivity contribution < 1.29 is 19.1 Å². The minimum absolute atomic E-state index is 0.0471. The third-order valence-electron chi connectivity index (χ3n) is 3.67. The number of aliphatic hydroxyl groups is 1. The number of hydrogen-bond acceptors (Lipinski definition) is 3. The maximum atomic E-state index is 13.5. The maximum Gasteiger partial charge on any atom is 0.254 e. The second-order valence-corrected chi connectivity index (χ2v) is 5.62. The molecule has 132 valence electrons. The minimum Gasteiger partial charge on any atom is -0.394 e. The zero-order chi connectivity index (χ0) is 18.1. The summed E-state index contributed by atoms with van der Waals surface area (Å²) in [7, 11) is 0. The molecule has 25 heavy (non-hydrogen) atoms. The van der Waals surface area contributed by atoms with E-state index in [2.05, 4.69) is 10.6 Å². The van der Waals surface area contributed by atoms with Gasteiger partial charge in [-0.25, -0.2) is 4.39 Å². The highest BCUT2D eigenvalue weighted by atomic mass is 19.1. The Bertz CT molecular complexity index is 707. The number of halogens is 1. The van der Waals surface area contributed by atoms with E-state index in [1.807, 2.05) is 30.3 Å². The lowest BCUT2D eigenvalue weighted by molar-refractivity contribution is -0.121. The fourth-order valence-corrected chi connectivity index (χ4v) is 2.39. The quantitative estimate of drug-likeness (QED) is 0.682. The Morgan fingerprint density at radius 2 is 1.72 bits per heavy atom. The van der Waals surface area contributed by atoms with Gasteiger partial charge in [0.1, 0.15) is 5.82 Å². The summed E-state index contributed by atoms with van der Waals surface area (Å²) in [5.74, 6) is -1.45. The number of carbonyl (C=O) groups is 2. The van der Waals surface area contributed by atoms with Crippen molar-refractivity contribution in [2.24, 2.45) is 0 Å². The predicted molar refractivity (Wildman–Crippen MR) is 92.5 cm³/mol. The van der Waals surface area contributed by atoms with Crippen molar-refractivity contribution in [2.75, 3.05) is 13.2 Å². The third kappa shape index (κ3) is 6.00. The van der Waals surface area contributed by atoms with Crippen LogP contribution in [0.4, 0.5) is 4.39 Å². The minimum atomic E-state index is -0.604. The molecule has 0 saturated carbocycles. The van der Waals surface area contributed by atoms with Gasteiger partial charge in [-0.05, 0) is 24.1 Å². The van der Waals surface area contributed by atoms with Crippen LogP contribution in [0.25, 0.3) is 0 Å². The first kappa shape index (κ1) is 18.6. The van der Waals surface area contributed by atoms with Crippen LogP contribution in [-0.4, -0.2) is 36.1 Å². The van der Waals surface area contributed by atoms with E-state index in [9.17, 15) is 19.1 Å². The van der Waals surface area contributed by atoms with Gasteiger partial charge in [-0.2, -0.15) is 0 Å². The van der Waals surface area contributed by atoms with Gasteiger partial charge in [-0.15, -0.1) is 0 Å². The first-order valence-electron chi connectivity index (χ1n) is 8.07. The third-order valence-corrected chi connectivity index (χ3v) is 3.67. The Morgan fingerprint density at radius 3 is 2.40 bits per heavy atom. The summed E-state index contributed by atoms with van der Waals surface area (Å²) in [6, 6.07) is 14.8. The molecule has 0 unspecified atom stereocenters. The Morgan fingerprint density at radius 1 is 1.04 bits per heavy atom. The average Bonchev–Trinajstić information content (AvgIpc) is 2.62. The maximum absolute atomic E-state index is 13.5. The van der Waals surface area contributed by atoms with E-state index in [1.165, 1.54) is 18.2 Å². The van der Waals surface area contributed by atoms with E-state index in [0.717, 1.165) is 5.56 Å². The van der Waals surface area contributed by atoms with Gasteiger partial charge in [0.25, 0.3) is 5.91 Å². The molecule has 0 fully saturated rings. The number of hydrogen-bond donors (Lipinski definition) is 3. The molecule has 6 heteroatoms. The molecule has 0 bridgehead atoms. The van der Waals surface area contributed by atoms with Gasteiger partial charge in [0.2, 0.25) is 5.91 Å². The van der Waals surface area contributed by atoms with Gasteiger partial charge in [-0.3, -0.25) is 9.59 Å². The van der Waals surface area contributed by atoms with Gasteiger partial charge >= 0.3 is 0 Å². The van der Waals surface area contributed by atoms with Crippen molar-refractivity contribution in [3.63, 3.8) is 0 Å². The van der Waals surface area contributed by atoms with E-state index in [1.54, 1.807) is 6.07 Å². The lowest BCUT2D eigenvalue weighted by Crippen LogP contribution is -2.40. The molecule has 0 aliphatic carbocycles. The van der Waals surface area contributed by atoms with E-state index in [-0.39, 0.29) is 31.0 Å². The second kappa shape index (κ2) is 9.54. The number of amides is 2. The summed E-state index contributed by atoms with van der Waals surface area (Å²) in [4.78, 5) is 23.8. The van der Waals surface area contributed by atoms with E-state index >= 15 is 0 Å². The monoisotopic (exact) mass is 344 g/mol. The number of carbonyl (C=O) groups excluding carboxylic acids is 2. The molecule has 0 heterocycles. The fourth-order valence-electron chi connectivity index (χ4n) is 2.39. The molecule has 0 radical (unpaired) electrons. The van der Waals surface area contributed by atoms with E-state index in [0.29, 0.717) is 6.42 Å². The van der Waals surface area contributed by atoms with Gasteiger partial charge in [0.15, 0.2) is 0 Å². The zero-order valence-corrected chi connectivity index (χ0v) is 13.7. The van der Waals surface area contributed by atoms with Crippen LogP contribution in [0, 0.1) is 5.82 Å². The summed E-state index contributed by atoms with van der Waals surface area (Å²) < 4.78 is 13.5. The second-order valence-electron chi connectivity index (χ2n) is 5.62. The molecule has 2 amide bonds. The number of aliphatic hydroxyl groups excluding tert-OH is 1. The zero-order valence-electron chi connectivity index (χ0n) is 13.7. The highest BCUT2D eigenvalue weighted by Gasteiger charge is 2.14. The highest BCUT2D eigenvalue weighted by molar-refractivity contribution is 5.94. The number of rotatable bonds is 8. The molecule has 0 aliphatic rings. The van der Waals surface area contributed by atoms with Crippen molar-refractivity contribution in [1.82, 2.24) is 10.6 Å². The van der Waals surface area contributed by atoms with E-state index in [4.69, 9.17) is 0 Å². The summed E-state index contributed by atoms with van der Waals surface area (Å²) in [5, 5.41) is 14.6. The van der Waals surface area contributed by atoms with Crippen molar-refractivity contribution in [3.8, 4) is 0 Å². The Labute approximate surface area is 145 Å². The first-order chi connectivity index (χ1) is 12.1. The molecular weight excluding hydrogens is 323 g/mol. The summed E-state index contributed by atoms with van der Waals surface area (Å²) >= 11 is 0. The summed E-state index contributed by atoms with van der Waals surface area (Å²) in [6.07, 6.45) is 0.566. The average molecular weight is 344 g/mol. The molecule has 2 aromatic carbocycles. The van der Waals surface area contributed by atoms with Gasteiger partial charge in [-0.1, -0.05) is 42.5 Å². The molecule has 3 N–H and O–H groups in total. The van der Waals surface area contributed by atoms with Crippen molar-refractivity contribution in [1.29, 1.82) is 0 Å². The smallest absolute Gasteiger partial charge is 0.254 e. The van der Waals surface area contributed by atoms with Crippen LogP contribution in [0.5, 0.6) is 0 Å². The number of benzene rings is 2. The van der Waals surface area contributed by atoms with E-state index < -0.39 is 17.8 Å². The molecule has 0 aliphatic heterocycles. The Hall–Kier alpha value is -2.73. The lowest BCUT2D eigenvalue weighted by Gasteiger charge is -2.16. The topological polar surface area (TPSA) is 78.4 Å².